The number of hydrogen-bond donors (Lipinski definition) is 0. The van der Waals surface area contributed by atoms with Crippen LogP contribution in [0.4, 0.5) is 5.69 Å². The monoisotopic (exact) mass is 553 g/mol. The van der Waals surface area contributed by atoms with E-state index in [1.807, 2.05) is 40.6 Å². The van der Waals surface area contributed by atoms with Gasteiger partial charge in [-0.1, -0.05) is 47.3 Å². The second-order valence-corrected chi connectivity index (χ2v) is 10.7. The first kappa shape index (κ1) is 25.5. The van der Waals surface area contributed by atoms with Crippen molar-refractivity contribution in [3.05, 3.63) is 74.4 Å². The van der Waals surface area contributed by atoms with Gasteiger partial charge in [0.05, 0.1) is 20.7 Å². The van der Waals surface area contributed by atoms with Crippen LogP contribution in [0.15, 0.2) is 48.1 Å². The van der Waals surface area contributed by atoms with Crippen molar-refractivity contribution in [2.75, 3.05) is 44.2 Å². The van der Waals surface area contributed by atoms with E-state index in [2.05, 4.69) is 21.7 Å². The molecule has 2 aliphatic rings. The van der Waals surface area contributed by atoms with Gasteiger partial charge in [0.1, 0.15) is 5.69 Å². The lowest BCUT2D eigenvalue weighted by Gasteiger charge is -2.36. The molecule has 0 spiro atoms. The van der Waals surface area contributed by atoms with Crippen molar-refractivity contribution >= 4 is 52.0 Å². The number of nitrogens with zero attached hydrogens (tertiary/aromatic N) is 5. The van der Waals surface area contributed by atoms with Crippen molar-refractivity contribution in [1.82, 2.24) is 19.8 Å². The third-order valence-corrected chi connectivity index (χ3v) is 8.23. The van der Waals surface area contributed by atoms with E-state index in [0.29, 0.717) is 55.0 Å². The summed E-state index contributed by atoms with van der Waals surface area (Å²) in [5, 5.41) is 3.82. The van der Waals surface area contributed by atoms with Crippen molar-refractivity contribution in [3.63, 3.8) is 0 Å². The highest BCUT2D eigenvalue weighted by Gasteiger charge is 2.29. The number of piperazine rings is 1. The number of carbonyl (C=O) groups is 2. The fourth-order valence-corrected chi connectivity index (χ4v) is 6.20. The maximum absolute atomic E-state index is 13.1. The van der Waals surface area contributed by atoms with E-state index in [-0.39, 0.29) is 17.7 Å². The van der Waals surface area contributed by atoms with E-state index >= 15 is 0 Å². The van der Waals surface area contributed by atoms with Gasteiger partial charge in [0, 0.05) is 74.4 Å². The van der Waals surface area contributed by atoms with Crippen LogP contribution < -0.4 is 4.90 Å². The Morgan fingerprint density at radius 2 is 1.59 bits per heavy atom. The first-order valence-corrected chi connectivity index (χ1v) is 13.8. The quantitative estimate of drug-likeness (QED) is 0.444. The van der Waals surface area contributed by atoms with Crippen LogP contribution in [-0.2, 0) is 4.79 Å². The standard InChI is InChI=1S/C27H25Cl2N5O2S/c28-21-16-30-17-22(29)25(21)33-12-14-34(15-13-33)27(36)23-18-37-26(31-23)20-8-10-32(11-9-20)24(35)7-6-19-4-2-1-3-5-19/h1-5,16-18,20H,8-15H2. The molecule has 4 heterocycles. The molecule has 5 rings (SSSR count). The van der Waals surface area contributed by atoms with E-state index in [1.165, 1.54) is 11.3 Å². The van der Waals surface area contributed by atoms with Crippen LogP contribution in [0.25, 0.3) is 0 Å². The molecule has 2 saturated heterocycles. The summed E-state index contributed by atoms with van der Waals surface area (Å²) >= 11 is 14.1. The summed E-state index contributed by atoms with van der Waals surface area (Å²) < 4.78 is 0. The zero-order chi connectivity index (χ0) is 25.8. The largest absolute Gasteiger partial charge is 0.365 e. The van der Waals surface area contributed by atoms with Crippen molar-refractivity contribution < 1.29 is 9.59 Å². The Bertz CT molecular complexity index is 1320. The highest BCUT2D eigenvalue weighted by atomic mass is 35.5. The van der Waals surface area contributed by atoms with Crippen LogP contribution in [0.1, 0.15) is 39.8 Å². The first-order chi connectivity index (χ1) is 18.0. The maximum atomic E-state index is 13.1. The number of rotatable bonds is 3. The summed E-state index contributed by atoms with van der Waals surface area (Å²) in [6, 6.07) is 9.51. The Morgan fingerprint density at radius 3 is 2.27 bits per heavy atom. The number of benzene rings is 1. The number of amides is 2. The summed E-state index contributed by atoms with van der Waals surface area (Å²) in [6.45, 7) is 3.66. The molecule has 0 saturated carbocycles. The van der Waals surface area contributed by atoms with Crippen LogP contribution in [0.2, 0.25) is 10.0 Å². The van der Waals surface area contributed by atoms with Gasteiger partial charge in [-0.25, -0.2) is 4.98 Å². The average molecular weight is 555 g/mol. The Balaban J connectivity index is 1.14. The second-order valence-electron chi connectivity index (χ2n) is 8.98. The van der Waals surface area contributed by atoms with Crippen molar-refractivity contribution in [3.8, 4) is 11.8 Å². The topological polar surface area (TPSA) is 69.6 Å². The molecule has 0 atom stereocenters. The predicted molar refractivity (Wildman–Crippen MR) is 146 cm³/mol. The molecule has 0 radical (unpaired) electrons. The molecule has 1 aromatic carbocycles. The Hall–Kier alpha value is -3.12. The van der Waals surface area contributed by atoms with Crippen molar-refractivity contribution in [2.24, 2.45) is 0 Å². The highest BCUT2D eigenvalue weighted by molar-refractivity contribution is 7.09. The summed E-state index contributed by atoms with van der Waals surface area (Å²) in [5.74, 6) is 5.72. The zero-order valence-electron chi connectivity index (χ0n) is 20.1. The van der Waals surface area contributed by atoms with E-state index in [9.17, 15) is 9.59 Å². The Labute approximate surface area is 230 Å². The molecule has 2 amide bonds. The number of pyridine rings is 1. The smallest absolute Gasteiger partial charge is 0.298 e. The maximum Gasteiger partial charge on any atom is 0.298 e. The molecule has 10 heteroatoms. The molecule has 2 fully saturated rings. The van der Waals surface area contributed by atoms with Crippen molar-refractivity contribution in [2.45, 2.75) is 18.8 Å². The number of halogens is 2. The molecule has 0 unspecified atom stereocenters. The van der Waals surface area contributed by atoms with E-state index in [1.54, 1.807) is 17.3 Å². The van der Waals surface area contributed by atoms with Gasteiger partial charge < -0.3 is 14.7 Å². The third-order valence-electron chi connectivity index (χ3n) is 6.67. The number of anilines is 1. The molecule has 0 N–H and O–H groups in total. The number of hydrogen-bond acceptors (Lipinski definition) is 6. The molecular weight excluding hydrogens is 529 g/mol. The van der Waals surface area contributed by atoms with E-state index in [0.717, 1.165) is 29.1 Å². The lowest BCUT2D eigenvalue weighted by atomic mass is 9.97. The molecule has 37 heavy (non-hydrogen) atoms. The molecule has 0 bridgehead atoms. The summed E-state index contributed by atoms with van der Waals surface area (Å²) in [4.78, 5) is 40.0. The number of aromatic nitrogens is 2. The summed E-state index contributed by atoms with van der Waals surface area (Å²) in [7, 11) is 0. The predicted octanol–water partition coefficient (Wildman–Crippen LogP) is 4.57. The molecule has 190 valence electrons. The fourth-order valence-electron chi connectivity index (χ4n) is 4.63. The SMILES string of the molecule is O=C(C#Cc1ccccc1)N1CCC(c2nc(C(=O)N3CCN(c4c(Cl)cncc4Cl)CC3)cs2)CC1. The van der Waals surface area contributed by atoms with Gasteiger partial charge in [-0.2, -0.15) is 0 Å². The zero-order valence-corrected chi connectivity index (χ0v) is 22.4. The molecule has 2 aromatic heterocycles. The minimum absolute atomic E-state index is 0.0575. The molecule has 7 nitrogen and oxygen atoms in total. The van der Waals surface area contributed by atoms with Gasteiger partial charge in [-0.05, 0) is 25.0 Å². The van der Waals surface area contributed by atoms with Gasteiger partial charge in [0.2, 0.25) is 0 Å². The van der Waals surface area contributed by atoms with Gasteiger partial charge in [-0.3, -0.25) is 14.6 Å². The highest BCUT2D eigenvalue weighted by Crippen LogP contribution is 2.34. The Morgan fingerprint density at radius 1 is 0.919 bits per heavy atom. The van der Waals surface area contributed by atoms with Gasteiger partial charge in [0.15, 0.2) is 0 Å². The normalized spacial score (nSPS) is 16.3. The van der Waals surface area contributed by atoms with E-state index in [4.69, 9.17) is 28.2 Å². The lowest BCUT2D eigenvalue weighted by Crippen LogP contribution is -2.49. The third kappa shape index (κ3) is 5.90. The molecular formula is C27H25Cl2N5O2S. The molecule has 3 aromatic rings. The van der Waals surface area contributed by atoms with Crippen LogP contribution in [0, 0.1) is 11.8 Å². The van der Waals surface area contributed by atoms with Gasteiger partial charge >= 0.3 is 0 Å². The van der Waals surface area contributed by atoms with Gasteiger partial charge in [0.25, 0.3) is 11.8 Å². The second kappa shape index (κ2) is 11.5. The van der Waals surface area contributed by atoms with Crippen molar-refractivity contribution in [1.29, 1.82) is 0 Å². The average Bonchev–Trinajstić information content (AvgIpc) is 3.43. The number of thiazole rings is 1. The van der Waals surface area contributed by atoms with E-state index < -0.39 is 0 Å². The minimum Gasteiger partial charge on any atom is -0.365 e. The molecule has 2 aliphatic heterocycles. The lowest BCUT2D eigenvalue weighted by molar-refractivity contribution is -0.126. The van der Waals surface area contributed by atoms with Gasteiger partial charge in [-0.15, -0.1) is 11.3 Å². The number of carbonyl (C=O) groups excluding carboxylic acids is 2. The summed E-state index contributed by atoms with van der Waals surface area (Å²) in [6.07, 6.45) is 4.78. The van der Waals surface area contributed by atoms with Crippen LogP contribution in [0.3, 0.4) is 0 Å². The van der Waals surface area contributed by atoms with Crippen LogP contribution in [0.5, 0.6) is 0 Å². The van der Waals surface area contributed by atoms with Crippen LogP contribution in [-0.4, -0.2) is 70.9 Å². The Kier molecular flexibility index (Phi) is 7.94. The first-order valence-electron chi connectivity index (χ1n) is 12.1. The number of likely N-dealkylation sites (tertiary alicyclic amines) is 1. The fraction of sp³-hybridized carbons (Fsp3) is 0.333. The number of piperidine rings is 1. The molecule has 0 aliphatic carbocycles. The van der Waals surface area contributed by atoms with Crippen LogP contribution >= 0.6 is 34.5 Å². The summed E-state index contributed by atoms with van der Waals surface area (Å²) in [5.41, 5.74) is 2.08. The minimum atomic E-state index is -0.147.